The average molecular weight is 324 g/mol. The van der Waals surface area contributed by atoms with Gasteiger partial charge in [-0.25, -0.2) is 9.97 Å². The van der Waals surface area contributed by atoms with Gasteiger partial charge in [-0.05, 0) is 13.0 Å². The molecule has 0 aliphatic carbocycles. The van der Waals surface area contributed by atoms with Crippen molar-refractivity contribution in [3.8, 4) is 0 Å². The van der Waals surface area contributed by atoms with Gasteiger partial charge in [0, 0.05) is 32.5 Å². The predicted molar refractivity (Wildman–Crippen MR) is 90.8 cm³/mol. The SMILES string of the molecule is CO[C@@H]1C[C@@H](c2nncn2C)N(c2nc(C)c3ccccc3n2)C1. The molecule has 24 heavy (non-hydrogen) atoms. The summed E-state index contributed by atoms with van der Waals surface area (Å²) in [7, 11) is 3.70. The van der Waals surface area contributed by atoms with Crippen molar-refractivity contribution >= 4 is 16.9 Å². The lowest BCUT2D eigenvalue weighted by Gasteiger charge is -2.24. The normalized spacial score (nSPS) is 20.9. The number of aromatic nitrogens is 5. The molecule has 4 rings (SSSR count). The molecule has 0 amide bonds. The number of hydrogen-bond acceptors (Lipinski definition) is 6. The van der Waals surface area contributed by atoms with E-state index in [0.29, 0.717) is 0 Å². The van der Waals surface area contributed by atoms with Gasteiger partial charge >= 0.3 is 0 Å². The van der Waals surface area contributed by atoms with Gasteiger partial charge in [-0.2, -0.15) is 0 Å². The van der Waals surface area contributed by atoms with Gasteiger partial charge in [0.05, 0.1) is 23.4 Å². The molecule has 1 aliphatic heterocycles. The molecule has 2 aromatic heterocycles. The molecule has 3 heterocycles. The van der Waals surface area contributed by atoms with Crippen LogP contribution in [-0.4, -0.2) is 44.5 Å². The first-order valence-electron chi connectivity index (χ1n) is 8.04. The Kier molecular flexibility index (Phi) is 3.65. The van der Waals surface area contributed by atoms with E-state index in [-0.39, 0.29) is 12.1 Å². The highest BCUT2D eigenvalue weighted by atomic mass is 16.5. The van der Waals surface area contributed by atoms with Gasteiger partial charge < -0.3 is 14.2 Å². The van der Waals surface area contributed by atoms with E-state index in [1.54, 1.807) is 13.4 Å². The summed E-state index contributed by atoms with van der Waals surface area (Å²) in [5.74, 6) is 1.63. The average Bonchev–Trinajstić information content (AvgIpc) is 3.20. The van der Waals surface area contributed by atoms with Crippen molar-refractivity contribution in [2.75, 3.05) is 18.6 Å². The predicted octanol–water partition coefficient (Wildman–Crippen LogP) is 2.03. The van der Waals surface area contributed by atoms with Crippen LogP contribution in [0.4, 0.5) is 5.95 Å². The molecule has 3 aromatic rings. The maximum absolute atomic E-state index is 5.59. The Morgan fingerprint density at radius 1 is 1.21 bits per heavy atom. The Morgan fingerprint density at radius 2 is 2.04 bits per heavy atom. The number of aryl methyl sites for hydroxylation is 2. The standard InChI is InChI=1S/C17H20N6O/c1-11-13-6-4-5-7-14(13)20-17(19-11)23-9-12(24-3)8-15(23)16-21-18-10-22(16)2/h4-7,10,12,15H,8-9H2,1-3H3/t12-,15+/m1/s1. The second-order valence-electron chi connectivity index (χ2n) is 6.19. The largest absolute Gasteiger partial charge is 0.380 e. The first-order chi connectivity index (χ1) is 11.7. The third-order valence-electron chi connectivity index (χ3n) is 4.68. The van der Waals surface area contributed by atoms with Crippen molar-refractivity contribution < 1.29 is 4.74 Å². The van der Waals surface area contributed by atoms with E-state index in [0.717, 1.165) is 41.3 Å². The fourth-order valence-electron chi connectivity index (χ4n) is 3.38. The Morgan fingerprint density at radius 3 is 2.79 bits per heavy atom. The summed E-state index contributed by atoms with van der Waals surface area (Å²) in [6.07, 6.45) is 2.69. The zero-order chi connectivity index (χ0) is 16.7. The molecule has 7 nitrogen and oxygen atoms in total. The summed E-state index contributed by atoms with van der Waals surface area (Å²) in [5, 5.41) is 9.39. The highest BCUT2D eigenvalue weighted by molar-refractivity contribution is 5.81. The summed E-state index contributed by atoms with van der Waals surface area (Å²) >= 11 is 0. The first-order valence-corrected chi connectivity index (χ1v) is 8.04. The molecule has 124 valence electrons. The van der Waals surface area contributed by atoms with Crippen molar-refractivity contribution in [2.45, 2.75) is 25.5 Å². The second-order valence-corrected chi connectivity index (χ2v) is 6.19. The highest BCUT2D eigenvalue weighted by Crippen LogP contribution is 2.35. The number of ether oxygens (including phenoxy) is 1. The molecule has 1 aliphatic rings. The van der Waals surface area contributed by atoms with E-state index >= 15 is 0 Å². The molecule has 1 fully saturated rings. The van der Waals surface area contributed by atoms with E-state index in [4.69, 9.17) is 14.7 Å². The van der Waals surface area contributed by atoms with Crippen LogP contribution in [0.5, 0.6) is 0 Å². The summed E-state index contributed by atoms with van der Waals surface area (Å²) < 4.78 is 7.54. The van der Waals surface area contributed by atoms with Crippen LogP contribution in [0.25, 0.3) is 10.9 Å². The van der Waals surface area contributed by atoms with Gasteiger partial charge in [0.2, 0.25) is 5.95 Å². The van der Waals surface area contributed by atoms with Gasteiger partial charge in [-0.15, -0.1) is 10.2 Å². The van der Waals surface area contributed by atoms with Crippen molar-refractivity contribution in [1.29, 1.82) is 0 Å². The first kappa shape index (κ1) is 15.0. The minimum atomic E-state index is 0.0583. The number of para-hydroxylation sites is 1. The van der Waals surface area contributed by atoms with Crippen molar-refractivity contribution in [2.24, 2.45) is 7.05 Å². The van der Waals surface area contributed by atoms with Crippen molar-refractivity contribution in [3.05, 3.63) is 42.1 Å². The Balaban J connectivity index is 1.79. The topological polar surface area (TPSA) is 69.0 Å². The molecule has 7 heteroatoms. The molecule has 2 atom stereocenters. The second kappa shape index (κ2) is 5.83. The lowest BCUT2D eigenvalue weighted by atomic mass is 10.2. The molecule has 0 spiro atoms. The molecule has 0 saturated carbocycles. The lowest BCUT2D eigenvalue weighted by molar-refractivity contribution is 0.118. The van der Waals surface area contributed by atoms with E-state index in [9.17, 15) is 0 Å². The molecule has 0 N–H and O–H groups in total. The maximum atomic E-state index is 5.59. The monoisotopic (exact) mass is 324 g/mol. The number of benzene rings is 1. The quantitative estimate of drug-likeness (QED) is 0.734. The fraction of sp³-hybridized carbons (Fsp3) is 0.412. The maximum Gasteiger partial charge on any atom is 0.226 e. The van der Waals surface area contributed by atoms with E-state index in [1.165, 1.54) is 0 Å². The summed E-state index contributed by atoms with van der Waals surface area (Å²) in [6.45, 7) is 2.76. The lowest BCUT2D eigenvalue weighted by Crippen LogP contribution is -2.28. The van der Waals surface area contributed by atoms with Crippen LogP contribution in [0, 0.1) is 6.92 Å². The molecular formula is C17H20N6O. The van der Waals surface area contributed by atoms with Crippen molar-refractivity contribution in [3.63, 3.8) is 0 Å². The van der Waals surface area contributed by atoms with Crippen LogP contribution in [0.2, 0.25) is 0 Å². The van der Waals surface area contributed by atoms with Gasteiger partial charge in [-0.3, -0.25) is 0 Å². The van der Waals surface area contributed by atoms with E-state index in [2.05, 4.69) is 21.2 Å². The van der Waals surface area contributed by atoms with Crippen LogP contribution in [0.1, 0.15) is 24.0 Å². The number of nitrogens with zero attached hydrogens (tertiary/aromatic N) is 6. The Bertz CT molecular complexity index is 876. The number of hydrogen-bond donors (Lipinski definition) is 0. The Labute approximate surface area is 140 Å². The summed E-state index contributed by atoms with van der Waals surface area (Å²) in [5.41, 5.74) is 1.94. The highest BCUT2D eigenvalue weighted by Gasteiger charge is 2.37. The van der Waals surface area contributed by atoms with Crippen LogP contribution < -0.4 is 4.90 Å². The number of rotatable bonds is 3. The van der Waals surface area contributed by atoms with Crippen LogP contribution in [0.3, 0.4) is 0 Å². The van der Waals surface area contributed by atoms with Gasteiger partial charge in [0.15, 0.2) is 5.82 Å². The third-order valence-corrected chi connectivity index (χ3v) is 4.68. The molecule has 1 aromatic carbocycles. The third kappa shape index (κ3) is 2.41. The van der Waals surface area contributed by atoms with Crippen LogP contribution in [-0.2, 0) is 11.8 Å². The number of methoxy groups -OCH3 is 1. The van der Waals surface area contributed by atoms with E-state index < -0.39 is 0 Å². The van der Waals surface area contributed by atoms with Crippen LogP contribution in [0.15, 0.2) is 30.6 Å². The van der Waals surface area contributed by atoms with Gasteiger partial charge in [0.1, 0.15) is 6.33 Å². The Hall–Kier alpha value is -2.54. The van der Waals surface area contributed by atoms with Crippen molar-refractivity contribution in [1.82, 2.24) is 24.7 Å². The number of anilines is 1. The molecular weight excluding hydrogens is 304 g/mol. The molecule has 0 radical (unpaired) electrons. The van der Waals surface area contributed by atoms with Gasteiger partial charge in [0.25, 0.3) is 0 Å². The minimum Gasteiger partial charge on any atom is -0.380 e. The molecule has 0 unspecified atom stereocenters. The molecule has 1 saturated heterocycles. The van der Waals surface area contributed by atoms with E-state index in [1.807, 2.05) is 36.7 Å². The fourth-order valence-corrected chi connectivity index (χ4v) is 3.38. The zero-order valence-corrected chi connectivity index (χ0v) is 14.0. The zero-order valence-electron chi connectivity index (χ0n) is 14.0. The van der Waals surface area contributed by atoms with Crippen LogP contribution >= 0.6 is 0 Å². The summed E-state index contributed by atoms with van der Waals surface area (Å²) in [4.78, 5) is 11.7. The smallest absolute Gasteiger partial charge is 0.226 e. The summed E-state index contributed by atoms with van der Waals surface area (Å²) in [6, 6.07) is 8.15. The minimum absolute atomic E-state index is 0.0583. The van der Waals surface area contributed by atoms with Gasteiger partial charge in [-0.1, -0.05) is 18.2 Å². The molecule has 0 bridgehead atoms. The number of fused-ring (bicyclic) bond motifs is 1.